The molecule has 5 rings (SSSR count). The Labute approximate surface area is 166 Å². The molecule has 0 radical (unpaired) electrons. The molecule has 0 unspecified atom stereocenters. The molecule has 0 saturated heterocycles. The lowest BCUT2D eigenvalue weighted by Crippen LogP contribution is -2.22. The first kappa shape index (κ1) is 19.1. The number of pyridine rings is 3. The summed E-state index contributed by atoms with van der Waals surface area (Å²) in [4.78, 5) is 16.6. The molecule has 31 heavy (non-hydrogen) atoms. The lowest BCUT2D eigenvalue weighted by atomic mass is 10.1. The Morgan fingerprint density at radius 2 is 1.87 bits per heavy atom. The van der Waals surface area contributed by atoms with Crippen LogP contribution in [0.5, 0.6) is 0 Å². The van der Waals surface area contributed by atoms with Crippen molar-refractivity contribution in [3.8, 4) is 5.69 Å². The molecule has 5 aromatic heterocycles. The Morgan fingerprint density at radius 1 is 1.10 bits per heavy atom. The number of fused-ring (bicyclic) bond motifs is 4. The van der Waals surface area contributed by atoms with E-state index in [1.54, 1.807) is 0 Å². The largest absolute Gasteiger partial charge is 0.436 e. The first-order chi connectivity index (χ1) is 14.7. The normalized spacial score (nSPS) is 12.6. The third kappa shape index (κ3) is 2.76. The molecule has 5 aromatic rings. The molecular formula is C18H8F6N6O. The van der Waals surface area contributed by atoms with Crippen LogP contribution in [0.1, 0.15) is 12.2 Å². The number of alkyl halides is 5. The zero-order chi connectivity index (χ0) is 22.1. The van der Waals surface area contributed by atoms with Crippen LogP contribution in [-0.4, -0.2) is 28.9 Å². The second-order valence-electron chi connectivity index (χ2n) is 6.53. The number of nitrogens with zero attached hydrogens (tertiary/aromatic N) is 6. The average molecular weight is 438 g/mol. The van der Waals surface area contributed by atoms with Gasteiger partial charge in [-0.2, -0.15) is 32.1 Å². The van der Waals surface area contributed by atoms with E-state index in [2.05, 4.69) is 15.2 Å². The van der Waals surface area contributed by atoms with Crippen LogP contribution in [0.2, 0.25) is 0 Å². The van der Waals surface area contributed by atoms with Crippen molar-refractivity contribution in [3.63, 3.8) is 0 Å². The van der Waals surface area contributed by atoms with E-state index in [0.29, 0.717) is 11.6 Å². The highest BCUT2D eigenvalue weighted by Crippen LogP contribution is 2.34. The number of halogens is 6. The summed E-state index contributed by atoms with van der Waals surface area (Å²) in [6.07, 6.45) is -1.46. The Balaban J connectivity index is 2.02. The van der Waals surface area contributed by atoms with E-state index in [-0.39, 0.29) is 21.1 Å². The number of aromatic nitrogens is 6. The van der Waals surface area contributed by atoms with Gasteiger partial charge in [-0.05, 0) is 24.3 Å². The summed E-state index contributed by atoms with van der Waals surface area (Å²) in [6.45, 7) is -3.12. The van der Waals surface area contributed by atoms with Gasteiger partial charge in [-0.15, -0.1) is 0 Å². The highest BCUT2D eigenvalue weighted by Gasteiger charge is 2.37. The summed E-state index contributed by atoms with van der Waals surface area (Å²) < 4.78 is 82.9. The molecule has 0 amide bonds. The van der Waals surface area contributed by atoms with E-state index in [1.165, 1.54) is 35.1 Å². The SMILES string of the molecule is O=c1c2nn(C(F)F)cc2c2cc(F)c(C(F)(F)F)nc2n1-c1cccn2nccc12. The molecule has 0 aliphatic carbocycles. The fraction of sp³-hybridized carbons (Fsp3) is 0.111. The van der Waals surface area contributed by atoms with Gasteiger partial charge in [-0.1, -0.05) is 0 Å². The molecule has 0 fully saturated rings. The highest BCUT2D eigenvalue weighted by atomic mass is 19.4. The van der Waals surface area contributed by atoms with E-state index in [9.17, 15) is 31.1 Å². The van der Waals surface area contributed by atoms with Crippen LogP contribution in [0.15, 0.2) is 47.7 Å². The zero-order valence-electron chi connectivity index (χ0n) is 15.0. The van der Waals surface area contributed by atoms with E-state index in [0.717, 1.165) is 10.8 Å². The van der Waals surface area contributed by atoms with Gasteiger partial charge < -0.3 is 0 Å². The molecule has 0 N–H and O–H groups in total. The molecule has 0 saturated carbocycles. The molecule has 158 valence electrons. The third-order valence-corrected chi connectivity index (χ3v) is 4.72. The van der Waals surface area contributed by atoms with Gasteiger partial charge in [-0.3, -0.25) is 9.36 Å². The fourth-order valence-corrected chi connectivity index (χ4v) is 3.44. The van der Waals surface area contributed by atoms with Crippen LogP contribution < -0.4 is 5.56 Å². The Bertz CT molecular complexity index is 1550. The quantitative estimate of drug-likeness (QED) is 0.392. The predicted octanol–water partition coefficient (Wildman–Crippen LogP) is 3.94. The van der Waals surface area contributed by atoms with Crippen LogP contribution >= 0.6 is 0 Å². The fourth-order valence-electron chi connectivity index (χ4n) is 3.44. The first-order valence-corrected chi connectivity index (χ1v) is 8.59. The molecule has 0 aliphatic rings. The molecule has 7 nitrogen and oxygen atoms in total. The first-order valence-electron chi connectivity index (χ1n) is 8.59. The van der Waals surface area contributed by atoms with Crippen molar-refractivity contribution in [3.05, 3.63) is 64.7 Å². The number of hydrogen-bond acceptors (Lipinski definition) is 4. The summed E-state index contributed by atoms with van der Waals surface area (Å²) in [5, 5.41) is 7.02. The number of rotatable bonds is 2. The minimum absolute atomic E-state index is 0.0655. The highest BCUT2D eigenvalue weighted by molar-refractivity contribution is 6.03. The van der Waals surface area contributed by atoms with Crippen molar-refractivity contribution >= 4 is 27.5 Å². The van der Waals surface area contributed by atoms with Crippen molar-refractivity contribution < 1.29 is 26.3 Å². The second-order valence-corrected chi connectivity index (χ2v) is 6.53. The lowest BCUT2D eigenvalue weighted by Gasteiger charge is -2.14. The van der Waals surface area contributed by atoms with Crippen molar-refractivity contribution in [2.24, 2.45) is 0 Å². The van der Waals surface area contributed by atoms with Crippen molar-refractivity contribution in [1.82, 2.24) is 28.9 Å². The van der Waals surface area contributed by atoms with E-state index < -0.39 is 41.0 Å². The minimum atomic E-state index is -5.15. The maximum Gasteiger partial charge on any atom is 0.436 e. The van der Waals surface area contributed by atoms with Gasteiger partial charge in [0.25, 0.3) is 5.56 Å². The topological polar surface area (TPSA) is 70.0 Å². The molecule has 0 bridgehead atoms. The Morgan fingerprint density at radius 3 is 2.58 bits per heavy atom. The predicted molar refractivity (Wildman–Crippen MR) is 95.6 cm³/mol. The van der Waals surface area contributed by atoms with Crippen LogP contribution in [-0.2, 0) is 6.18 Å². The summed E-state index contributed by atoms with van der Waals surface area (Å²) in [7, 11) is 0. The van der Waals surface area contributed by atoms with Gasteiger partial charge in [0.15, 0.2) is 17.0 Å². The standard InChI is InChI=1S/C18H8F6N6O/c19-10-6-8-9-7-29(17(20)21)27-13(9)16(31)30(15(8)26-14(10)18(22,23)24)12-2-1-5-28-11(12)3-4-25-28/h1-7,17H. The van der Waals surface area contributed by atoms with Crippen LogP contribution in [0.3, 0.4) is 0 Å². The monoisotopic (exact) mass is 438 g/mol. The molecule has 5 heterocycles. The van der Waals surface area contributed by atoms with Crippen LogP contribution in [0, 0.1) is 5.82 Å². The van der Waals surface area contributed by atoms with E-state index >= 15 is 0 Å². The summed E-state index contributed by atoms with van der Waals surface area (Å²) in [6, 6.07) is 4.89. The van der Waals surface area contributed by atoms with Crippen molar-refractivity contribution in [1.29, 1.82) is 0 Å². The summed E-state index contributed by atoms with van der Waals surface area (Å²) in [5.74, 6) is -1.71. The van der Waals surface area contributed by atoms with Gasteiger partial charge in [0, 0.05) is 23.2 Å². The van der Waals surface area contributed by atoms with Crippen molar-refractivity contribution in [2.75, 3.05) is 0 Å². The van der Waals surface area contributed by atoms with Crippen LogP contribution in [0.25, 0.3) is 33.1 Å². The minimum Gasteiger partial charge on any atom is -0.266 e. The van der Waals surface area contributed by atoms with Gasteiger partial charge in [0.2, 0.25) is 0 Å². The third-order valence-electron chi connectivity index (χ3n) is 4.72. The Hall–Kier alpha value is -3.90. The molecule has 13 heteroatoms. The van der Waals surface area contributed by atoms with Gasteiger partial charge in [0.05, 0.1) is 17.4 Å². The lowest BCUT2D eigenvalue weighted by molar-refractivity contribution is -0.143. The number of hydrogen-bond donors (Lipinski definition) is 0. The summed E-state index contributed by atoms with van der Waals surface area (Å²) >= 11 is 0. The maximum absolute atomic E-state index is 14.3. The van der Waals surface area contributed by atoms with Crippen LogP contribution in [0.4, 0.5) is 26.3 Å². The van der Waals surface area contributed by atoms with Crippen molar-refractivity contribution in [2.45, 2.75) is 12.7 Å². The smallest absolute Gasteiger partial charge is 0.266 e. The van der Waals surface area contributed by atoms with Gasteiger partial charge in [-0.25, -0.2) is 18.6 Å². The molecular weight excluding hydrogens is 430 g/mol. The summed E-state index contributed by atoms with van der Waals surface area (Å²) in [5.41, 5.74) is -3.49. The maximum atomic E-state index is 14.3. The van der Waals surface area contributed by atoms with Gasteiger partial charge in [0.1, 0.15) is 5.65 Å². The molecule has 0 atom stereocenters. The van der Waals surface area contributed by atoms with E-state index in [4.69, 9.17) is 0 Å². The second kappa shape index (κ2) is 6.30. The molecule has 0 aliphatic heterocycles. The molecule has 0 spiro atoms. The van der Waals surface area contributed by atoms with E-state index in [1.807, 2.05) is 0 Å². The average Bonchev–Trinajstić information content (AvgIpc) is 3.35. The Kier molecular flexibility index (Phi) is 3.88. The zero-order valence-corrected chi connectivity index (χ0v) is 15.0. The van der Waals surface area contributed by atoms with Gasteiger partial charge >= 0.3 is 12.7 Å². The molecule has 0 aromatic carbocycles.